The number of carbonyl (C=O) groups excluding carboxylic acids is 1. The molecule has 2 rings (SSSR count). The Hall–Kier alpha value is -2.13. The quantitative estimate of drug-likeness (QED) is 0.427. The molecule has 0 aliphatic rings. The number of hydrogen-bond donors (Lipinski definition) is 3. The first-order valence-corrected chi connectivity index (χ1v) is 9.62. The van der Waals surface area contributed by atoms with E-state index in [1.807, 2.05) is 24.3 Å². The number of halogens is 1. The number of nitrogens with two attached hydrogens (primary N) is 1. The van der Waals surface area contributed by atoms with Gasteiger partial charge in [-0.2, -0.15) is 0 Å². The lowest BCUT2D eigenvalue weighted by Gasteiger charge is -2.08. The number of carbonyl (C=O) groups is 1. The molecule has 0 atom stereocenters. The zero-order valence-corrected chi connectivity index (χ0v) is 16.6. The summed E-state index contributed by atoms with van der Waals surface area (Å²) in [5, 5.41) is 2.81. The minimum absolute atomic E-state index is 0. The van der Waals surface area contributed by atoms with Crippen molar-refractivity contribution in [1.29, 1.82) is 0 Å². The van der Waals surface area contributed by atoms with Gasteiger partial charge in [-0.15, -0.1) is 12.4 Å². The highest BCUT2D eigenvalue weighted by atomic mass is 35.5. The van der Waals surface area contributed by atoms with Crippen LogP contribution in [-0.2, 0) is 21.2 Å². The number of amides is 1. The smallest absolute Gasteiger partial charge is 0.251 e. The lowest BCUT2D eigenvalue weighted by atomic mass is 10.1. The molecule has 0 fully saturated rings. The summed E-state index contributed by atoms with van der Waals surface area (Å²) in [4.78, 5) is 12.3. The number of anilines is 1. The average molecular weight is 414 g/mol. The van der Waals surface area contributed by atoms with Crippen LogP contribution in [0.2, 0.25) is 0 Å². The largest absolute Gasteiger partial charge is 0.399 e. The van der Waals surface area contributed by atoms with Gasteiger partial charge in [-0.25, -0.2) is 13.1 Å². The Morgan fingerprint density at radius 3 is 2.26 bits per heavy atom. The Morgan fingerprint density at radius 1 is 1.04 bits per heavy atom. The SMILES string of the molecule is COCCNS(=O)(=O)c1ccc(C(=O)NCCc2ccc(N)cc2)cc1.Cl. The molecule has 0 spiro atoms. The van der Waals surface area contributed by atoms with Gasteiger partial charge in [-0.05, 0) is 48.4 Å². The van der Waals surface area contributed by atoms with Crippen LogP contribution in [0.4, 0.5) is 5.69 Å². The van der Waals surface area contributed by atoms with Crippen molar-refractivity contribution in [3.05, 3.63) is 59.7 Å². The average Bonchev–Trinajstić information content (AvgIpc) is 2.63. The van der Waals surface area contributed by atoms with Crippen molar-refractivity contribution in [3.63, 3.8) is 0 Å². The first-order valence-electron chi connectivity index (χ1n) is 8.13. The van der Waals surface area contributed by atoms with Crippen molar-refractivity contribution >= 4 is 34.0 Å². The molecule has 148 valence electrons. The summed E-state index contributed by atoms with van der Waals surface area (Å²) in [6, 6.07) is 13.3. The summed E-state index contributed by atoms with van der Waals surface area (Å²) in [5.41, 5.74) is 7.81. The minimum Gasteiger partial charge on any atom is -0.399 e. The van der Waals surface area contributed by atoms with Gasteiger partial charge in [-0.1, -0.05) is 12.1 Å². The maximum Gasteiger partial charge on any atom is 0.251 e. The molecule has 0 aromatic heterocycles. The molecule has 0 heterocycles. The van der Waals surface area contributed by atoms with Gasteiger partial charge in [0.25, 0.3) is 5.91 Å². The van der Waals surface area contributed by atoms with Gasteiger partial charge < -0.3 is 15.8 Å². The highest BCUT2D eigenvalue weighted by Crippen LogP contribution is 2.11. The number of sulfonamides is 1. The third-order valence-electron chi connectivity index (χ3n) is 3.70. The Kier molecular flexibility index (Phi) is 9.23. The van der Waals surface area contributed by atoms with E-state index in [1.165, 1.54) is 31.4 Å². The van der Waals surface area contributed by atoms with E-state index in [-0.39, 0.29) is 36.4 Å². The van der Waals surface area contributed by atoms with E-state index in [4.69, 9.17) is 10.5 Å². The van der Waals surface area contributed by atoms with E-state index in [0.717, 1.165) is 5.56 Å². The summed E-state index contributed by atoms with van der Waals surface area (Å²) >= 11 is 0. The van der Waals surface area contributed by atoms with E-state index in [9.17, 15) is 13.2 Å². The van der Waals surface area contributed by atoms with Crippen LogP contribution in [0.15, 0.2) is 53.4 Å². The van der Waals surface area contributed by atoms with Crippen LogP contribution in [-0.4, -0.2) is 41.1 Å². The summed E-state index contributed by atoms with van der Waals surface area (Å²) < 4.78 is 31.4. The second-order valence-corrected chi connectivity index (χ2v) is 7.43. The molecular formula is C18H24ClN3O4S. The van der Waals surface area contributed by atoms with Crippen molar-refractivity contribution in [2.24, 2.45) is 0 Å². The topological polar surface area (TPSA) is 111 Å². The van der Waals surface area contributed by atoms with E-state index < -0.39 is 10.0 Å². The Morgan fingerprint density at radius 2 is 1.67 bits per heavy atom. The van der Waals surface area contributed by atoms with Crippen LogP contribution in [0.25, 0.3) is 0 Å². The summed E-state index contributed by atoms with van der Waals surface area (Å²) in [5.74, 6) is -0.253. The number of ether oxygens (including phenoxy) is 1. The maximum absolute atomic E-state index is 12.1. The van der Waals surface area contributed by atoms with Crippen LogP contribution in [0.1, 0.15) is 15.9 Å². The van der Waals surface area contributed by atoms with Crippen molar-refractivity contribution in [2.45, 2.75) is 11.3 Å². The van der Waals surface area contributed by atoms with Crippen molar-refractivity contribution in [3.8, 4) is 0 Å². The van der Waals surface area contributed by atoms with Crippen molar-refractivity contribution in [1.82, 2.24) is 10.0 Å². The molecule has 1 amide bonds. The lowest BCUT2D eigenvalue weighted by molar-refractivity contribution is 0.0954. The lowest BCUT2D eigenvalue weighted by Crippen LogP contribution is -2.28. The van der Waals surface area contributed by atoms with E-state index in [0.29, 0.717) is 24.2 Å². The third-order valence-corrected chi connectivity index (χ3v) is 5.18. The van der Waals surface area contributed by atoms with Gasteiger partial charge in [-0.3, -0.25) is 4.79 Å². The molecule has 4 N–H and O–H groups in total. The monoisotopic (exact) mass is 413 g/mol. The predicted molar refractivity (Wildman–Crippen MR) is 108 cm³/mol. The summed E-state index contributed by atoms with van der Waals surface area (Å²) in [6.45, 7) is 0.946. The predicted octanol–water partition coefficient (Wildman–Crippen LogP) is 1.59. The number of methoxy groups -OCH3 is 1. The van der Waals surface area contributed by atoms with E-state index in [1.54, 1.807) is 0 Å². The Labute approximate surface area is 165 Å². The van der Waals surface area contributed by atoms with E-state index in [2.05, 4.69) is 10.0 Å². The number of hydrogen-bond acceptors (Lipinski definition) is 5. The Balaban J connectivity index is 0.00000364. The second kappa shape index (κ2) is 10.9. The molecule has 0 saturated carbocycles. The number of nitrogen functional groups attached to an aromatic ring is 1. The normalized spacial score (nSPS) is 10.9. The maximum atomic E-state index is 12.1. The molecule has 2 aromatic rings. The van der Waals surface area contributed by atoms with Gasteiger partial charge in [0.1, 0.15) is 0 Å². The molecule has 0 saturated heterocycles. The van der Waals surface area contributed by atoms with Gasteiger partial charge in [0, 0.05) is 31.5 Å². The van der Waals surface area contributed by atoms with E-state index >= 15 is 0 Å². The van der Waals surface area contributed by atoms with Crippen LogP contribution >= 0.6 is 12.4 Å². The van der Waals surface area contributed by atoms with Gasteiger partial charge in [0.15, 0.2) is 0 Å². The minimum atomic E-state index is -3.60. The zero-order chi connectivity index (χ0) is 19.0. The molecule has 2 aromatic carbocycles. The first-order chi connectivity index (χ1) is 12.4. The molecule has 9 heteroatoms. The number of benzene rings is 2. The standard InChI is InChI=1S/C18H23N3O4S.ClH/c1-25-13-12-21-26(23,24)17-8-4-15(5-9-17)18(22)20-11-10-14-2-6-16(19)7-3-14;/h2-9,21H,10-13,19H2,1H3,(H,20,22);1H. The first kappa shape index (κ1) is 22.9. The molecule has 7 nitrogen and oxygen atoms in total. The molecule has 27 heavy (non-hydrogen) atoms. The molecule has 0 aliphatic carbocycles. The number of nitrogens with one attached hydrogen (secondary N) is 2. The highest BCUT2D eigenvalue weighted by Gasteiger charge is 2.14. The van der Waals surface area contributed by atoms with Gasteiger partial charge >= 0.3 is 0 Å². The molecule has 0 unspecified atom stereocenters. The molecular weight excluding hydrogens is 390 g/mol. The molecule has 0 aliphatic heterocycles. The summed E-state index contributed by atoms with van der Waals surface area (Å²) in [6.07, 6.45) is 0.682. The highest BCUT2D eigenvalue weighted by molar-refractivity contribution is 7.89. The van der Waals surface area contributed by atoms with Crippen LogP contribution in [0.3, 0.4) is 0 Å². The third kappa shape index (κ3) is 7.18. The molecule has 0 radical (unpaired) electrons. The second-order valence-electron chi connectivity index (χ2n) is 5.66. The van der Waals surface area contributed by atoms with Crippen molar-refractivity contribution < 1.29 is 17.9 Å². The summed E-state index contributed by atoms with van der Waals surface area (Å²) in [7, 11) is -2.11. The van der Waals surface area contributed by atoms with Gasteiger partial charge in [0.05, 0.1) is 11.5 Å². The van der Waals surface area contributed by atoms with Crippen LogP contribution in [0, 0.1) is 0 Å². The fourth-order valence-corrected chi connectivity index (χ4v) is 3.27. The van der Waals surface area contributed by atoms with Crippen molar-refractivity contribution in [2.75, 3.05) is 32.5 Å². The van der Waals surface area contributed by atoms with Gasteiger partial charge in [0.2, 0.25) is 10.0 Å². The number of rotatable bonds is 9. The zero-order valence-electron chi connectivity index (χ0n) is 15.0. The fraction of sp³-hybridized carbons (Fsp3) is 0.278. The molecule has 0 bridgehead atoms. The van der Waals surface area contributed by atoms with Crippen LogP contribution < -0.4 is 15.8 Å². The Bertz CT molecular complexity index is 825. The van der Waals surface area contributed by atoms with Crippen LogP contribution in [0.5, 0.6) is 0 Å². The fourth-order valence-electron chi connectivity index (χ4n) is 2.25.